The molecule has 1 saturated heterocycles. The number of nitrogens with one attached hydrogen (secondary N) is 1. The van der Waals surface area contributed by atoms with Gasteiger partial charge in [0.1, 0.15) is 5.58 Å². The van der Waals surface area contributed by atoms with Gasteiger partial charge in [-0.25, -0.2) is 0 Å². The Bertz CT molecular complexity index is 1070. The standard InChI is InChI=1S/C22H24N2O4S/c1-14-10-15(2)21-17(25)12-19(28-18(21)11-14)22(26)23-13-16(20-4-3-9-29-20)24-5-7-27-8-6-24/h3-4,9-12,16H,5-8,13H2,1-2H3,(H,23,26)/t16-/m0/s1. The van der Waals surface area contributed by atoms with Crippen molar-refractivity contribution in [2.24, 2.45) is 0 Å². The molecule has 0 aliphatic carbocycles. The fourth-order valence-corrected chi connectivity index (χ4v) is 4.69. The monoisotopic (exact) mass is 412 g/mol. The Morgan fingerprint density at radius 3 is 2.76 bits per heavy atom. The number of benzene rings is 1. The summed E-state index contributed by atoms with van der Waals surface area (Å²) in [5, 5.41) is 5.52. The molecule has 152 valence electrons. The number of nitrogens with zero attached hydrogens (tertiary/aromatic N) is 1. The van der Waals surface area contributed by atoms with Gasteiger partial charge in [0.05, 0.1) is 24.6 Å². The van der Waals surface area contributed by atoms with Crippen LogP contribution in [0.5, 0.6) is 0 Å². The summed E-state index contributed by atoms with van der Waals surface area (Å²) >= 11 is 1.67. The zero-order chi connectivity index (χ0) is 20.4. The van der Waals surface area contributed by atoms with E-state index in [4.69, 9.17) is 9.15 Å². The van der Waals surface area contributed by atoms with Crippen molar-refractivity contribution in [3.8, 4) is 0 Å². The average molecular weight is 413 g/mol. The molecule has 1 atom stereocenters. The smallest absolute Gasteiger partial charge is 0.287 e. The van der Waals surface area contributed by atoms with E-state index in [9.17, 15) is 9.59 Å². The van der Waals surface area contributed by atoms with Gasteiger partial charge in [-0.15, -0.1) is 11.3 Å². The molecule has 0 unspecified atom stereocenters. The average Bonchev–Trinajstić information content (AvgIpc) is 3.22. The van der Waals surface area contributed by atoms with Crippen molar-refractivity contribution in [3.05, 3.63) is 67.7 Å². The first-order chi connectivity index (χ1) is 14.0. The predicted molar refractivity (Wildman–Crippen MR) is 114 cm³/mol. The number of thiophene rings is 1. The Labute approximate surface area is 173 Å². The maximum atomic E-state index is 12.8. The van der Waals surface area contributed by atoms with Gasteiger partial charge in [0.15, 0.2) is 11.2 Å². The lowest BCUT2D eigenvalue weighted by Gasteiger charge is -2.34. The third-order valence-electron chi connectivity index (χ3n) is 5.21. The van der Waals surface area contributed by atoms with Gasteiger partial charge in [-0.05, 0) is 42.5 Å². The molecule has 1 N–H and O–H groups in total. The first-order valence-electron chi connectivity index (χ1n) is 9.71. The molecule has 3 heterocycles. The highest BCUT2D eigenvalue weighted by atomic mass is 32.1. The van der Waals surface area contributed by atoms with Crippen molar-refractivity contribution in [2.45, 2.75) is 19.9 Å². The van der Waals surface area contributed by atoms with Crippen molar-refractivity contribution in [3.63, 3.8) is 0 Å². The van der Waals surface area contributed by atoms with E-state index in [-0.39, 0.29) is 23.1 Å². The quantitative estimate of drug-likeness (QED) is 0.696. The highest BCUT2D eigenvalue weighted by Gasteiger charge is 2.24. The molecule has 1 aromatic carbocycles. The van der Waals surface area contributed by atoms with Gasteiger partial charge in [0.2, 0.25) is 0 Å². The highest BCUT2D eigenvalue weighted by Crippen LogP contribution is 2.25. The van der Waals surface area contributed by atoms with E-state index in [2.05, 4.69) is 16.3 Å². The summed E-state index contributed by atoms with van der Waals surface area (Å²) < 4.78 is 11.3. The molecular weight excluding hydrogens is 388 g/mol. The SMILES string of the molecule is Cc1cc(C)c2c(=O)cc(C(=O)NC[C@@H](c3cccs3)N3CCOCC3)oc2c1. The second kappa shape index (κ2) is 8.49. The molecule has 1 fully saturated rings. The third kappa shape index (κ3) is 4.27. The van der Waals surface area contributed by atoms with Crippen molar-refractivity contribution in [2.75, 3.05) is 32.8 Å². The minimum atomic E-state index is -0.377. The Morgan fingerprint density at radius 1 is 1.24 bits per heavy atom. The first kappa shape index (κ1) is 19.8. The van der Waals surface area contributed by atoms with Crippen LogP contribution in [0.3, 0.4) is 0 Å². The fourth-order valence-electron chi connectivity index (χ4n) is 3.83. The molecule has 1 aliphatic rings. The van der Waals surface area contributed by atoms with Gasteiger partial charge >= 0.3 is 0 Å². The summed E-state index contributed by atoms with van der Waals surface area (Å²) in [6, 6.07) is 9.19. The Morgan fingerprint density at radius 2 is 2.03 bits per heavy atom. The van der Waals surface area contributed by atoms with Gasteiger partial charge < -0.3 is 14.5 Å². The second-order valence-electron chi connectivity index (χ2n) is 7.32. The van der Waals surface area contributed by atoms with Gasteiger partial charge in [-0.1, -0.05) is 12.1 Å². The second-order valence-corrected chi connectivity index (χ2v) is 8.30. The van der Waals surface area contributed by atoms with E-state index in [0.717, 1.165) is 24.2 Å². The van der Waals surface area contributed by atoms with Crippen LogP contribution < -0.4 is 10.7 Å². The molecule has 4 rings (SSSR count). The number of morpholine rings is 1. The number of ether oxygens (including phenoxy) is 1. The summed E-state index contributed by atoms with van der Waals surface area (Å²) in [7, 11) is 0. The summed E-state index contributed by atoms with van der Waals surface area (Å²) in [5.74, 6) is -0.336. The van der Waals surface area contributed by atoms with Crippen molar-refractivity contribution in [1.82, 2.24) is 10.2 Å². The molecule has 29 heavy (non-hydrogen) atoms. The number of aryl methyl sites for hydroxylation is 2. The number of carbonyl (C=O) groups is 1. The minimum absolute atomic E-state index is 0.0411. The van der Waals surface area contributed by atoms with Gasteiger partial charge in [0.25, 0.3) is 5.91 Å². The fraction of sp³-hybridized carbons (Fsp3) is 0.364. The molecule has 7 heteroatoms. The van der Waals surface area contributed by atoms with Crippen LogP contribution in [0.4, 0.5) is 0 Å². The van der Waals surface area contributed by atoms with Gasteiger partial charge in [-0.2, -0.15) is 0 Å². The number of hydrogen-bond donors (Lipinski definition) is 1. The third-order valence-corrected chi connectivity index (χ3v) is 6.18. The lowest BCUT2D eigenvalue weighted by atomic mass is 10.1. The van der Waals surface area contributed by atoms with E-state index in [1.165, 1.54) is 10.9 Å². The number of carbonyl (C=O) groups excluding carboxylic acids is 1. The topological polar surface area (TPSA) is 71.8 Å². The van der Waals surface area contributed by atoms with E-state index in [1.807, 2.05) is 31.4 Å². The summed E-state index contributed by atoms with van der Waals surface area (Å²) in [5.41, 5.74) is 2.09. The maximum absolute atomic E-state index is 12.8. The first-order valence-corrected chi connectivity index (χ1v) is 10.6. The molecule has 3 aromatic rings. The van der Waals surface area contributed by atoms with Gasteiger partial charge in [-0.3, -0.25) is 14.5 Å². The largest absolute Gasteiger partial charge is 0.451 e. The Hall–Kier alpha value is -2.48. The Balaban J connectivity index is 1.56. The van der Waals surface area contributed by atoms with Crippen LogP contribution in [0.15, 0.2) is 44.9 Å². The molecule has 0 bridgehead atoms. The molecule has 2 aromatic heterocycles. The zero-order valence-corrected chi connectivity index (χ0v) is 17.4. The van der Waals surface area contributed by atoms with Crippen LogP contribution in [0.25, 0.3) is 11.0 Å². The van der Waals surface area contributed by atoms with E-state index >= 15 is 0 Å². The van der Waals surface area contributed by atoms with E-state index < -0.39 is 0 Å². The van der Waals surface area contributed by atoms with Crippen LogP contribution in [0, 0.1) is 13.8 Å². The lowest BCUT2D eigenvalue weighted by molar-refractivity contribution is 0.0168. The summed E-state index contributed by atoms with van der Waals surface area (Å²) in [4.78, 5) is 28.8. The number of hydrogen-bond acceptors (Lipinski definition) is 6. The highest BCUT2D eigenvalue weighted by molar-refractivity contribution is 7.10. The predicted octanol–water partition coefficient (Wildman–Crippen LogP) is 3.27. The maximum Gasteiger partial charge on any atom is 0.287 e. The van der Waals surface area contributed by atoms with E-state index in [0.29, 0.717) is 30.7 Å². The molecule has 6 nitrogen and oxygen atoms in total. The number of rotatable bonds is 5. The van der Waals surface area contributed by atoms with Crippen molar-refractivity contribution < 1.29 is 13.9 Å². The lowest BCUT2D eigenvalue weighted by Crippen LogP contribution is -2.43. The van der Waals surface area contributed by atoms with Crippen LogP contribution in [0.2, 0.25) is 0 Å². The number of fused-ring (bicyclic) bond motifs is 1. The molecular formula is C22H24N2O4S. The molecule has 0 saturated carbocycles. The van der Waals surface area contributed by atoms with Crippen LogP contribution >= 0.6 is 11.3 Å². The van der Waals surface area contributed by atoms with E-state index in [1.54, 1.807) is 17.4 Å². The molecule has 0 spiro atoms. The zero-order valence-electron chi connectivity index (χ0n) is 16.6. The molecule has 1 amide bonds. The number of amides is 1. The van der Waals surface area contributed by atoms with Crippen molar-refractivity contribution >= 4 is 28.2 Å². The minimum Gasteiger partial charge on any atom is -0.451 e. The van der Waals surface area contributed by atoms with Crippen LogP contribution in [0.1, 0.15) is 32.6 Å². The summed E-state index contributed by atoms with van der Waals surface area (Å²) in [6.45, 7) is 7.27. The summed E-state index contributed by atoms with van der Waals surface area (Å²) in [6.07, 6.45) is 0. The molecule has 0 radical (unpaired) electrons. The normalized spacial score (nSPS) is 16.1. The molecule has 1 aliphatic heterocycles. The van der Waals surface area contributed by atoms with Gasteiger partial charge in [0, 0.05) is 30.6 Å². The van der Waals surface area contributed by atoms with Crippen LogP contribution in [-0.4, -0.2) is 43.7 Å². The Kier molecular flexibility index (Phi) is 5.80. The van der Waals surface area contributed by atoms with Crippen molar-refractivity contribution in [1.29, 1.82) is 0 Å². The van der Waals surface area contributed by atoms with Crippen LogP contribution in [-0.2, 0) is 4.74 Å².